The van der Waals surface area contributed by atoms with E-state index in [4.69, 9.17) is 4.74 Å². The Kier molecular flexibility index (Phi) is 10.7. The van der Waals surface area contributed by atoms with Crippen molar-refractivity contribution in [3.63, 3.8) is 0 Å². The number of rotatable bonds is 13. The number of hydrogen-bond acceptors (Lipinski definition) is 6. The number of nitrogens with one attached hydrogen (secondary N) is 4. The molecule has 0 aliphatic rings. The van der Waals surface area contributed by atoms with Crippen LogP contribution in [0.4, 0.5) is 9.59 Å². The lowest BCUT2D eigenvalue weighted by Crippen LogP contribution is -2.52. The molecule has 1 aromatic heterocycles. The molecule has 4 atom stereocenters. The van der Waals surface area contributed by atoms with Crippen molar-refractivity contribution in [3.8, 4) is 0 Å². The first kappa shape index (κ1) is 29.9. The quantitative estimate of drug-likeness (QED) is 0.176. The summed E-state index contributed by atoms with van der Waals surface area (Å²) < 4.78 is 5.40. The van der Waals surface area contributed by atoms with Gasteiger partial charge in [-0.3, -0.25) is 0 Å². The van der Waals surface area contributed by atoms with E-state index >= 15 is 0 Å². The molecule has 0 aliphatic heterocycles. The van der Waals surface area contributed by atoms with E-state index in [1.165, 1.54) is 0 Å². The number of amides is 2. The lowest BCUT2D eigenvalue weighted by Gasteiger charge is -2.28. The first-order valence-corrected chi connectivity index (χ1v) is 13.2. The molecular weight excluding hydrogens is 500 g/mol. The molecular formula is C29H40N4O6. The molecule has 39 heavy (non-hydrogen) atoms. The van der Waals surface area contributed by atoms with E-state index in [-0.39, 0.29) is 13.1 Å². The molecule has 1 unspecified atom stereocenters. The first-order valence-electron chi connectivity index (χ1n) is 13.2. The van der Waals surface area contributed by atoms with Crippen molar-refractivity contribution in [2.24, 2.45) is 0 Å². The number of hydrogen-bond donors (Lipinski definition) is 7. The van der Waals surface area contributed by atoms with Gasteiger partial charge in [-0.05, 0) is 57.2 Å². The molecule has 0 fully saturated rings. The highest BCUT2D eigenvalue weighted by Gasteiger charge is 2.26. The predicted octanol–water partition coefficient (Wildman–Crippen LogP) is 3.18. The fourth-order valence-electron chi connectivity index (χ4n) is 4.44. The van der Waals surface area contributed by atoms with Crippen molar-refractivity contribution in [1.82, 2.24) is 20.9 Å². The summed E-state index contributed by atoms with van der Waals surface area (Å²) in [6, 6.07) is 15.8. The predicted molar refractivity (Wildman–Crippen MR) is 150 cm³/mol. The van der Waals surface area contributed by atoms with Crippen molar-refractivity contribution < 1.29 is 29.6 Å². The number of ether oxygens (including phenoxy) is 1. The van der Waals surface area contributed by atoms with Crippen LogP contribution in [0, 0.1) is 0 Å². The number of aliphatic hydroxyl groups excluding tert-OH is 2. The fourth-order valence-corrected chi connectivity index (χ4v) is 4.44. The number of fused-ring (bicyclic) bond motifs is 1. The number of aromatic nitrogens is 1. The number of aliphatic hydroxyl groups is 2. The van der Waals surface area contributed by atoms with Gasteiger partial charge in [0.1, 0.15) is 5.60 Å². The number of alkyl carbamates (subject to hydrolysis) is 1. The molecule has 0 bridgehead atoms. The first-order chi connectivity index (χ1) is 18.5. The Hall–Kier alpha value is -3.60. The van der Waals surface area contributed by atoms with Crippen LogP contribution < -0.4 is 16.0 Å². The minimum Gasteiger partial charge on any atom is -0.465 e. The molecule has 7 N–H and O–H groups in total. The van der Waals surface area contributed by atoms with Crippen LogP contribution in [0.3, 0.4) is 0 Å². The van der Waals surface area contributed by atoms with Gasteiger partial charge in [-0.1, -0.05) is 48.5 Å². The lowest BCUT2D eigenvalue weighted by atomic mass is 10.00. The smallest absolute Gasteiger partial charge is 0.407 e. The Balaban J connectivity index is 1.60. The van der Waals surface area contributed by atoms with Crippen LogP contribution in [0.1, 0.15) is 38.3 Å². The zero-order chi connectivity index (χ0) is 28.4. The summed E-state index contributed by atoms with van der Waals surface area (Å²) >= 11 is 0. The highest BCUT2D eigenvalue weighted by Crippen LogP contribution is 2.20. The van der Waals surface area contributed by atoms with E-state index in [1.54, 1.807) is 20.8 Å². The minimum absolute atomic E-state index is 0.0381. The third kappa shape index (κ3) is 9.90. The van der Waals surface area contributed by atoms with Crippen LogP contribution in [-0.4, -0.2) is 75.5 Å². The Labute approximate surface area is 228 Å². The lowest BCUT2D eigenvalue weighted by molar-refractivity contribution is 0.0408. The normalized spacial score (nSPS) is 14.8. The maximum atomic E-state index is 12.5. The molecule has 1 heterocycles. The van der Waals surface area contributed by atoms with E-state index in [9.17, 15) is 24.9 Å². The maximum Gasteiger partial charge on any atom is 0.407 e. The average Bonchev–Trinajstić information content (AvgIpc) is 3.28. The second-order valence-corrected chi connectivity index (χ2v) is 10.7. The Morgan fingerprint density at radius 1 is 0.923 bits per heavy atom. The van der Waals surface area contributed by atoms with Gasteiger partial charge in [0.05, 0.1) is 24.3 Å². The highest BCUT2D eigenvalue weighted by molar-refractivity contribution is 5.83. The third-order valence-corrected chi connectivity index (χ3v) is 6.34. The number of carbonyl (C=O) groups excluding carboxylic acids is 1. The van der Waals surface area contributed by atoms with Crippen LogP contribution >= 0.6 is 0 Å². The van der Waals surface area contributed by atoms with Gasteiger partial charge in [0.2, 0.25) is 0 Å². The van der Waals surface area contributed by atoms with E-state index < -0.39 is 42.1 Å². The number of benzene rings is 2. The molecule has 2 aromatic carbocycles. The van der Waals surface area contributed by atoms with Gasteiger partial charge in [-0.25, -0.2) is 9.59 Å². The van der Waals surface area contributed by atoms with Crippen LogP contribution in [0.15, 0.2) is 60.8 Å². The van der Waals surface area contributed by atoms with Crippen LogP contribution in [0.25, 0.3) is 10.9 Å². The molecule has 2 amide bonds. The number of aromatic amines is 1. The van der Waals surface area contributed by atoms with Crippen LogP contribution in [0.2, 0.25) is 0 Å². The monoisotopic (exact) mass is 540 g/mol. The van der Waals surface area contributed by atoms with E-state index in [0.717, 1.165) is 22.0 Å². The van der Waals surface area contributed by atoms with Crippen molar-refractivity contribution in [2.45, 2.75) is 69.9 Å². The van der Waals surface area contributed by atoms with Gasteiger partial charge in [-0.2, -0.15) is 0 Å². The highest BCUT2D eigenvalue weighted by atomic mass is 16.6. The van der Waals surface area contributed by atoms with Gasteiger partial charge in [0, 0.05) is 30.2 Å². The molecule has 0 radical (unpaired) electrons. The second kappa shape index (κ2) is 14.0. The van der Waals surface area contributed by atoms with Crippen molar-refractivity contribution in [3.05, 3.63) is 71.9 Å². The number of carboxylic acid groups (broad SMARTS) is 1. The molecule has 212 valence electrons. The van der Waals surface area contributed by atoms with E-state index in [0.29, 0.717) is 19.3 Å². The molecule has 10 nitrogen and oxygen atoms in total. The van der Waals surface area contributed by atoms with Crippen LogP contribution in [-0.2, 0) is 17.6 Å². The summed E-state index contributed by atoms with van der Waals surface area (Å²) in [4.78, 5) is 27.1. The summed E-state index contributed by atoms with van der Waals surface area (Å²) in [5.74, 6) is 0. The zero-order valence-electron chi connectivity index (χ0n) is 22.7. The molecule has 3 aromatic rings. The van der Waals surface area contributed by atoms with Gasteiger partial charge < -0.3 is 41.0 Å². The van der Waals surface area contributed by atoms with Gasteiger partial charge >= 0.3 is 12.2 Å². The van der Waals surface area contributed by atoms with E-state index in [2.05, 4.69) is 20.9 Å². The summed E-state index contributed by atoms with van der Waals surface area (Å²) in [6.07, 6.45) is -0.597. The summed E-state index contributed by atoms with van der Waals surface area (Å²) in [7, 11) is 0. The number of H-pyrrole nitrogens is 1. The summed E-state index contributed by atoms with van der Waals surface area (Å²) in [6.45, 7) is 5.41. The number of aryl methyl sites for hydroxylation is 1. The van der Waals surface area contributed by atoms with Crippen LogP contribution in [0.5, 0.6) is 0 Å². The summed E-state index contributed by atoms with van der Waals surface area (Å²) in [5.41, 5.74) is 2.28. The molecule has 0 spiro atoms. The Morgan fingerprint density at radius 3 is 2.23 bits per heavy atom. The summed E-state index contributed by atoms with van der Waals surface area (Å²) in [5, 5.41) is 40.2. The fraction of sp³-hybridized carbons (Fsp3) is 0.448. The molecule has 0 saturated carbocycles. The van der Waals surface area contributed by atoms with Gasteiger partial charge in [0.25, 0.3) is 0 Å². The maximum absolute atomic E-state index is 12.5. The largest absolute Gasteiger partial charge is 0.465 e. The second-order valence-electron chi connectivity index (χ2n) is 10.7. The van der Waals surface area contributed by atoms with Gasteiger partial charge in [0.15, 0.2) is 0 Å². The van der Waals surface area contributed by atoms with E-state index in [1.807, 2.05) is 60.8 Å². The van der Waals surface area contributed by atoms with Crippen molar-refractivity contribution >= 4 is 23.1 Å². The van der Waals surface area contributed by atoms with Gasteiger partial charge in [-0.15, -0.1) is 0 Å². The van der Waals surface area contributed by atoms with Crippen molar-refractivity contribution in [2.75, 3.05) is 13.1 Å². The SMILES string of the molecule is CC(C)(C)OC(=O)N[C@@H](CCc1c[nH]c2ccccc12)C(O)CNC[C@@H](O)[C@H](Cc1ccccc1)NC(=O)O. The Morgan fingerprint density at radius 2 is 1.56 bits per heavy atom. The zero-order valence-corrected chi connectivity index (χ0v) is 22.7. The molecule has 0 saturated heterocycles. The topological polar surface area (TPSA) is 156 Å². The number of carbonyl (C=O) groups is 2. The molecule has 0 aliphatic carbocycles. The minimum atomic E-state index is -1.23. The Bertz CT molecular complexity index is 1190. The number of para-hydroxylation sites is 1. The third-order valence-electron chi connectivity index (χ3n) is 6.34. The molecule has 10 heteroatoms. The van der Waals surface area contributed by atoms with Crippen molar-refractivity contribution in [1.29, 1.82) is 0 Å². The molecule has 3 rings (SSSR count). The standard InChI is InChI=1S/C29H40N4O6/c1-29(2,3)39-28(38)33-23(14-13-20-16-31-22-12-8-7-11-21(20)22)25(34)17-30-18-26(35)24(32-27(36)37)15-19-9-5-4-6-10-19/h4-12,16,23-26,30-32,34-35H,13-15,17-18H2,1-3H3,(H,33,38)(H,36,37)/t23-,24-,25?,26+/m0/s1. The average molecular weight is 541 g/mol.